The fraction of sp³-hybridized carbons (Fsp3) is 0.611. The number of likely N-dealkylation sites (tertiary alicyclic amines) is 1. The Bertz CT molecular complexity index is 846. The van der Waals surface area contributed by atoms with Crippen molar-refractivity contribution in [3.63, 3.8) is 0 Å². The van der Waals surface area contributed by atoms with Crippen LogP contribution in [0.3, 0.4) is 0 Å². The molecule has 154 valence electrons. The van der Waals surface area contributed by atoms with Crippen molar-refractivity contribution < 1.29 is 18.0 Å². The third-order valence-corrected chi connectivity index (χ3v) is 7.29. The molecule has 2 aliphatic rings. The fourth-order valence-electron chi connectivity index (χ4n) is 3.78. The second-order valence-corrected chi connectivity index (χ2v) is 10.5. The van der Waals surface area contributed by atoms with Crippen LogP contribution in [0.1, 0.15) is 26.2 Å². The van der Waals surface area contributed by atoms with Crippen molar-refractivity contribution in [3.05, 3.63) is 23.4 Å². The maximum absolute atomic E-state index is 12.5. The molecule has 0 aliphatic carbocycles. The Labute approximate surface area is 169 Å². The Hall–Kier alpha value is -1.71. The van der Waals surface area contributed by atoms with Crippen LogP contribution in [0.15, 0.2) is 18.3 Å². The van der Waals surface area contributed by atoms with E-state index in [-0.39, 0.29) is 35.8 Å². The van der Waals surface area contributed by atoms with Gasteiger partial charge in [0, 0.05) is 12.7 Å². The van der Waals surface area contributed by atoms with E-state index in [0.717, 1.165) is 19.4 Å². The Morgan fingerprint density at radius 1 is 1.39 bits per heavy atom. The summed E-state index contributed by atoms with van der Waals surface area (Å²) in [5.74, 6) is -0.0470. The van der Waals surface area contributed by atoms with E-state index in [4.69, 9.17) is 11.6 Å². The minimum Gasteiger partial charge on any atom is -0.349 e. The Kier molecular flexibility index (Phi) is 6.26. The topological polar surface area (TPSA) is 108 Å². The molecule has 0 aromatic carbocycles. The summed E-state index contributed by atoms with van der Waals surface area (Å²) in [6.45, 7) is 3.12. The average Bonchev–Trinajstić information content (AvgIpc) is 2.89. The lowest BCUT2D eigenvalue weighted by molar-refractivity contribution is -0.126. The number of rotatable bonds is 5. The second-order valence-electron chi connectivity index (χ2n) is 7.88. The zero-order valence-corrected chi connectivity index (χ0v) is 17.4. The highest BCUT2D eigenvalue weighted by molar-refractivity contribution is 7.91. The van der Waals surface area contributed by atoms with Gasteiger partial charge in [0.15, 0.2) is 9.84 Å². The van der Waals surface area contributed by atoms with Crippen molar-refractivity contribution in [2.24, 2.45) is 5.92 Å². The van der Waals surface area contributed by atoms with E-state index < -0.39 is 15.4 Å². The quantitative estimate of drug-likeness (QED) is 0.726. The van der Waals surface area contributed by atoms with Crippen LogP contribution in [0, 0.1) is 5.92 Å². The van der Waals surface area contributed by atoms with Crippen molar-refractivity contribution in [2.75, 3.05) is 36.5 Å². The van der Waals surface area contributed by atoms with Gasteiger partial charge in [0.05, 0.1) is 34.5 Å². The number of pyridine rings is 1. The largest absolute Gasteiger partial charge is 0.349 e. The van der Waals surface area contributed by atoms with Gasteiger partial charge in [-0.3, -0.25) is 14.5 Å². The molecule has 8 nitrogen and oxygen atoms in total. The molecule has 10 heteroatoms. The van der Waals surface area contributed by atoms with Gasteiger partial charge in [-0.05, 0) is 44.9 Å². The highest BCUT2D eigenvalue weighted by atomic mass is 35.5. The van der Waals surface area contributed by atoms with Gasteiger partial charge < -0.3 is 10.6 Å². The van der Waals surface area contributed by atoms with Gasteiger partial charge in [-0.1, -0.05) is 11.6 Å². The number of nitrogens with zero attached hydrogens (tertiary/aromatic N) is 2. The molecular weight excluding hydrogens is 404 g/mol. The molecule has 3 rings (SSSR count). The predicted octanol–water partition coefficient (Wildman–Crippen LogP) is 1.08. The van der Waals surface area contributed by atoms with E-state index in [2.05, 4.69) is 15.6 Å². The van der Waals surface area contributed by atoms with Crippen LogP contribution in [0.2, 0.25) is 5.02 Å². The Balaban J connectivity index is 1.51. The van der Waals surface area contributed by atoms with Crippen LogP contribution >= 0.6 is 11.6 Å². The monoisotopic (exact) mass is 428 g/mol. The molecule has 2 fully saturated rings. The van der Waals surface area contributed by atoms with Gasteiger partial charge in [0.2, 0.25) is 11.8 Å². The molecule has 28 heavy (non-hydrogen) atoms. The normalized spacial score (nSPS) is 27.3. The van der Waals surface area contributed by atoms with Crippen LogP contribution in [-0.4, -0.2) is 66.8 Å². The van der Waals surface area contributed by atoms with Gasteiger partial charge in [-0.2, -0.15) is 0 Å². The van der Waals surface area contributed by atoms with Crippen LogP contribution in [0.4, 0.5) is 5.82 Å². The summed E-state index contributed by atoms with van der Waals surface area (Å²) in [5.41, 5.74) is -0.706. The number of nitrogens with one attached hydrogen (secondary N) is 2. The Morgan fingerprint density at radius 3 is 2.82 bits per heavy atom. The number of anilines is 1. The number of aromatic nitrogens is 1. The molecule has 0 saturated carbocycles. The number of hydrogen-bond acceptors (Lipinski definition) is 6. The van der Waals surface area contributed by atoms with Crippen LogP contribution in [-0.2, 0) is 19.4 Å². The van der Waals surface area contributed by atoms with Crippen molar-refractivity contribution in [2.45, 2.75) is 31.7 Å². The smallest absolute Gasteiger partial charge is 0.234 e. The molecule has 1 aromatic rings. The lowest BCUT2D eigenvalue weighted by Gasteiger charge is -2.32. The second kappa shape index (κ2) is 8.34. The lowest BCUT2D eigenvalue weighted by atomic mass is 9.97. The van der Waals surface area contributed by atoms with E-state index in [9.17, 15) is 18.0 Å². The predicted molar refractivity (Wildman–Crippen MR) is 107 cm³/mol. The summed E-state index contributed by atoms with van der Waals surface area (Å²) >= 11 is 5.80. The first-order chi connectivity index (χ1) is 13.1. The summed E-state index contributed by atoms with van der Waals surface area (Å²) in [5, 5.41) is 6.15. The molecule has 0 spiro atoms. The molecule has 2 N–H and O–H groups in total. The standard InChI is InChI=1S/C18H25ClN4O4S/c1-18(6-8-28(26,27)12-18)22-16(24)11-23-7-2-3-13(10-23)17(25)21-15-5-4-14(19)9-20-15/h4-5,9,13H,2-3,6-8,10-12H2,1H3,(H,22,24)(H,20,21,25). The van der Waals surface area contributed by atoms with Gasteiger partial charge in [-0.25, -0.2) is 13.4 Å². The lowest BCUT2D eigenvalue weighted by Crippen LogP contribution is -2.52. The zero-order chi connectivity index (χ0) is 20.4. The minimum absolute atomic E-state index is 0.0230. The molecule has 1 aromatic heterocycles. The highest BCUT2D eigenvalue weighted by Crippen LogP contribution is 2.23. The third-order valence-electron chi connectivity index (χ3n) is 5.17. The van der Waals surface area contributed by atoms with Gasteiger partial charge in [-0.15, -0.1) is 0 Å². The number of halogens is 1. The first-order valence-electron chi connectivity index (χ1n) is 9.30. The number of sulfone groups is 1. The average molecular weight is 429 g/mol. The molecule has 0 radical (unpaired) electrons. The molecule has 2 atom stereocenters. The summed E-state index contributed by atoms with van der Waals surface area (Å²) in [6, 6.07) is 3.30. The van der Waals surface area contributed by atoms with E-state index in [1.54, 1.807) is 19.1 Å². The molecule has 2 unspecified atom stereocenters. The van der Waals surface area contributed by atoms with Crippen molar-refractivity contribution in [1.29, 1.82) is 0 Å². The van der Waals surface area contributed by atoms with Gasteiger partial charge in [0.25, 0.3) is 0 Å². The van der Waals surface area contributed by atoms with Crippen LogP contribution < -0.4 is 10.6 Å². The van der Waals surface area contributed by atoms with Crippen molar-refractivity contribution in [1.82, 2.24) is 15.2 Å². The first kappa shape index (κ1) is 21.0. The Morgan fingerprint density at radius 2 is 2.18 bits per heavy atom. The molecule has 2 amide bonds. The molecular formula is C18H25ClN4O4S. The van der Waals surface area contributed by atoms with Gasteiger partial charge >= 0.3 is 0 Å². The summed E-state index contributed by atoms with van der Waals surface area (Å²) in [6.07, 6.45) is 3.46. The fourth-order valence-corrected chi connectivity index (χ4v) is 5.98. The summed E-state index contributed by atoms with van der Waals surface area (Å²) in [7, 11) is -3.08. The number of carbonyl (C=O) groups is 2. The maximum Gasteiger partial charge on any atom is 0.234 e. The SMILES string of the molecule is CC1(NC(=O)CN2CCCC(C(=O)Nc3ccc(Cl)cn3)C2)CCS(=O)(=O)C1. The molecule has 3 heterocycles. The number of piperidine rings is 1. The summed E-state index contributed by atoms with van der Waals surface area (Å²) < 4.78 is 23.4. The van der Waals surface area contributed by atoms with Crippen molar-refractivity contribution in [3.8, 4) is 0 Å². The molecule has 2 saturated heterocycles. The molecule has 0 bridgehead atoms. The van der Waals surface area contributed by atoms with E-state index in [0.29, 0.717) is 23.8 Å². The zero-order valence-electron chi connectivity index (χ0n) is 15.8. The van der Waals surface area contributed by atoms with E-state index >= 15 is 0 Å². The maximum atomic E-state index is 12.5. The minimum atomic E-state index is -3.08. The van der Waals surface area contributed by atoms with Crippen LogP contribution in [0.5, 0.6) is 0 Å². The number of amides is 2. The third kappa shape index (κ3) is 5.65. The van der Waals surface area contributed by atoms with Crippen molar-refractivity contribution >= 4 is 39.1 Å². The van der Waals surface area contributed by atoms with Gasteiger partial charge in [0.1, 0.15) is 5.82 Å². The molecule has 2 aliphatic heterocycles. The first-order valence-corrected chi connectivity index (χ1v) is 11.5. The highest BCUT2D eigenvalue weighted by Gasteiger charge is 2.39. The van der Waals surface area contributed by atoms with E-state index in [1.165, 1.54) is 6.20 Å². The van der Waals surface area contributed by atoms with E-state index in [1.807, 2.05) is 4.90 Å². The summed E-state index contributed by atoms with van der Waals surface area (Å²) in [4.78, 5) is 30.9. The van der Waals surface area contributed by atoms with Crippen LogP contribution in [0.25, 0.3) is 0 Å². The number of carbonyl (C=O) groups excluding carboxylic acids is 2. The number of hydrogen-bond donors (Lipinski definition) is 2.